The van der Waals surface area contributed by atoms with Crippen molar-refractivity contribution in [3.63, 3.8) is 0 Å². The maximum absolute atomic E-state index is 13.3. The van der Waals surface area contributed by atoms with Gasteiger partial charge in [0.2, 0.25) is 0 Å². The maximum atomic E-state index is 13.3. The molecule has 0 aliphatic carbocycles. The van der Waals surface area contributed by atoms with Gasteiger partial charge in [0.05, 0.1) is 17.9 Å². The van der Waals surface area contributed by atoms with Crippen molar-refractivity contribution in [1.29, 1.82) is 0 Å². The molecule has 0 radical (unpaired) electrons. The number of ether oxygens (including phenoxy) is 1. The van der Waals surface area contributed by atoms with E-state index < -0.39 is 17.7 Å². The molecular weight excluding hydrogens is 459 g/mol. The predicted octanol–water partition coefficient (Wildman–Crippen LogP) is 5.23. The number of aliphatic hydroxyl groups is 1. The van der Waals surface area contributed by atoms with E-state index in [0.717, 1.165) is 11.1 Å². The number of aliphatic hydroxyl groups excluding tert-OH is 1. The van der Waals surface area contributed by atoms with Gasteiger partial charge >= 0.3 is 0 Å². The highest BCUT2D eigenvalue weighted by atomic mass is 19.1. The monoisotopic (exact) mass is 488 g/mol. The Kier molecular flexibility index (Phi) is 7.48. The molecule has 6 nitrogen and oxygen atoms in total. The average molecular weight is 489 g/mol. The summed E-state index contributed by atoms with van der Waals surface area (Å²) in [6.45, 7) is 6.74. The molecule has 1 amide bonds. The quantitative estimate of drug-likeness (QED) is 0.267. The number of hydrogen-bond donors (Lipinski definition) is 1. The van der Waals surface area contributed by atoms with Gasteiger partial charge in [0.15, 0.2) is 0 Å². The van der Waals surface area contributed by atoms with E-state index in [1.807, 2.05) is 6.92 Å². The van der Waals surface area contributed by atoms with Crippen molar-refractivity contribution in [2.24, 2.45) is 5.92 Å². The van der Waals surface area contributed by atoms with Crippen LogP contribution in [0.25, 0.3) is 5.76 Å². The van der Waals surface area contributed by atoms with Gasteiger partial charge in [-0.3, -0.25) is 14.6 Å². The van der Waals surface area contributed by atoms with Crippen LogP contribution in [0, 0.1) is 18.7 Å². The summed E-state index contributed by atoms with van der Waals surface area (Å²) in [5.41, 5.74) is 2.52. The van der Waals surface area contributed by atoms with Crippen molar-refractivity contribution in [2.75, 3.05) is 13.2 Å². The molecule has 2 heterocycles. The van der Waals surface area contributed by atoms with Crippen LogP contribution in [0.3, 0.4) is 0 Å². The maximum Gasteiger partial charge on any atom is 0.295 e. The minimum absolute atomic E-state index is 0.00643. The second-order valence-corrected chi connectivity index (χ2v) is 9.31. The van der Waals surface area contributed by atoms with Crippen molar-refractivity contribution in [1.82, 2.24) is 9.88 Å². The van der Waals surface area contributed by atoms with E-state index in [9.17, 15) is 19.1 Å². The molecule has 1 saturated heterocycles. The number of aryl methyl sites for hydroxylation is 1. The summed E-state index contributed by atoms with van der Waals surface area (Å²) >= 11 is 0. The number of aromatic nitrogens is 1. The number of halogens is 1. The topological polar surface area (TPSA) is 79.7 Å². The molecule has 0 spiro atoms. The Hall–Kier alpha value is -4.00. The van der Waals surface area contributed by atoms with E-state index in [1.165, 1.54) is 17.0 Å². The highest BCUT2D eigenvalue weighted by Gasteiger charge is 2.46. The van der Waals surface area contributed by atoms with Crippen molar-refractivity contribution in [3.05, 3.63) is 101 Å². The fourth-order valence-electron chi connectivity index (χ4n) is 4.23. The Bertz CT molecular complexity index is 1290. The first-order chi connectivity index (χ1) is 17.3. The third-order valence-corrected chi connectivity index (χ3v) is 6.08. The standard InChI is InChI=1S/C29H29FN2O4/c1-18(2)17-36-24-12-9-21(16-19(24)3)27(33)25-26(23-6-4-5-14-31-23)32(29(35)28(25)34)15-13-20-7-10-22(30)11-8-20/h4-12,14,16,18,26,33H,13,15,17H2,1-3H3/b27-25-. The highest BCUT2D eigenvalue weighted by molar-refractivity contribution is 6.46. The van der Waals surface area contributed by atoms with E-state index in [0.29, 0.717) is 36.0 Å². The molecule has 7 heteroatoms. The van der Waals surface area contributed by atoms with E-state index in [1.54, 1.807) is 54.7 Å². The molecule has 0 bridgehead atoms. The number of nitrogens with zero attached hydrogens (tertiary/aromatic N) is 2. The van der Waals surface area contributed by atoms with Crippen LogP contribution in [0.2, 0.25) is 0 Å². The summed E-state index contributed by atoms with van der Waals surface area (Å²) in [5.74, 6) is -1.01. The zero-order valence-corrected chi connectivity index (χ0v) is 20.6. The van der Waals surface area contributed by atoms with Crippen LogP contribution in [0.4, 0.5) is 4.39 Å². The first kappa shape index (κ1) is 25.1. The fourth-order valence-corrected chi connectivity index (χ4v) is 4.23. The number of Topliss-reactive ketones (excluding diaryl/α,β-unsaturated/α-hetero) is 1. The van der Waals surface area contributed by atoms with Crippen molar-refractivity contribution < 1.29 is 23.8 Å². The average Bonchev–Trinajstić information content (AvgIpc) is 3.12. The summed E-state index contributed by atoms with van der Waals surface area (Å²) in [6, 6.07) is 15.6. The molecule has 0 saturated carbocycles. The largest absolute Gasteiger partial charge is 0.507 e. The van der Waals surface area contributed by atoms with Crippen LogP contribution in [-0.4, -0.2) is 39.8 Å². The lowest BCUT2D eigenvalue weighted by molar-refractivity contribution is -0.139. The molecule has 1 unspecified atom stereocenters. The summed E-state index contributed by atoms with van der Waals surface area (Å²) < 4.78 is 19.1. The molecule has 1 aromatic heterocycles. The third-order valence-electron chi connectivity index (χ3n) is 6.08. The fraction of sp³-hybridized carbons (Fsp3) is 0.276. The Balaban J connectivity index is 1.71. The molecule has 2 aromatic carbocycles. The first-order valence-electron chi connectivity index (χ1n) is 11.9. The van der Waals surface area contributed by atoms with Gasteiger partial charge < -0.3 is 14.7 Å². The van der Waals surface area contributed by atoms with Crippen LogP contribution in [0.1, 0.15) is 42.3 Å². The third kappa shape index (κ3) is 5.30. The molecule has 36 heavy (non-hydrogen) atoms. The summed E-state index contributed by atoms with van der Waals surface area (Å²) in [7, 11) is 0. The van der Waals surface area contributed by atoms with E-state index in [-0.39, 0.29) is 23.7 Å². The zero-order valence-electron chi connectivity index (χ0n) is 20.6. The Morgan fingerprint density at radius 1 is 1.11 bits per heavy atom. The van der Waals surface area contributed by atoms with Gasteiger partial charge in [-0.2, -0.15) is 0 Å². The molecule has 186 valence electrons. The number of pyridine rings is 1. The van der Waals surface area contributed by atoms with Crippen molar-refractivity contribution >= 4 is 17.4 Å². The number of amides is 1. The Morgan fingerprint density at radius 2 is 1.86 bits per heavy atom. The lowest BCUT2D eigenvalue weighted by Crippen LogP contribution is -2.32. The first-order valence-corrected chi connectivity index (χ1v) is 11.9. The van der Waals surface area contributed by atoms with Gasteiger partial charge in [-0.05, 0) is 72.9 Å². The van der Waals surface area contributed by atoms with Crippen LogP contribution >= 0.6 is 0 Å². The molecule has 1 atom stereocenters. The number of benzene rings is 2. The van der Waals surface area contributed by atoms with Crippen LogP contribution < -0.4 is 4.74 Å². The molecular formula is C29H29FN2O4. The van der Waals surface area contributed by atoms with E-state index >= 15 is 0 Å². The summed E-state index contributed by atoms with van der Waals surface area (Å²) in [4.78, 5) is 32.1. The van der Waals surface area contributed by atoms with Crippen molar-refractivity contribution in [3.8, 4) is 5.75 Å². The van der Waals surface area contributed by atoms with Crippen LogP contribution in [0.5, 0.6) is 5.75 Å². The number of ketones is 1. The normalized spacial score (nSPS) is 17.1. The van der Waals surface area contributed by atoms with Crippen molar-refractivity contribution in [2.45, 2.75) is 33.2 Å². The molecule has 1 fully saturated rings. The number of likely N-dealkylation sites (tertiary alicyclic amines) is 1. The molecule has 1 aliphatic heterocycles. The number of rotatable bonds is 8. The predicted molar refractivity (Wildman–Crippen MR) is 135 cm³/mol. The van der Waals surface area contributed by atoms with Crippen LogP contribution in [-0.2, 0) is 16.0 Å². The van der Waals surface area contributed by atoms with Crippen LogP contribution in [0.15, 0.2) is 72.4 Å². The summed E-state index contributed by atoms with van der Waals surface area (Å²) in [6.07, 6.45) is 2.00. The highest BCUT2D eigenvalue weighted by Crippen LogP contribution is 2.39. The Labute approximate surface area is 210 Å². The number of hydrogen-bond acceptors (Lipinski definition) is 5. The minimum Gasteiger partial charge on any atom is -0.507 e. The second-order valence-electron chi connectivity index (χ2n) is 9.31. The second kappa shape index (κ2) is 10.7. The van der Waals surface area contributed by atoms with E-state index in [2.05, 4.69) is 18.8 Å². The molecule has 1 aliphatic rings. The lowest BCUT2D eigenvalue weighted by Gasteiger charge is -2.24. The number of carbonyl (C=O) groups is 2. The molecule has 4 rings (SSSR count). The van der Waals surface area contributed by atoms with Gasteiger partial charge in [0.1, 0.15) is 23.4 Å². The summed E-state index contributed by atoms with van der Waals surface area (Å²) in [5, 5.41) is 11.3. The lowest BCUT2D eigenvalue weighted by atomic mass is 9.97. The number of carbonyl (C=O) groups excluding carboxylic acids is 2. The Morgan fingerprint density at radius 3 is 2.50 bits per heavy atom. The van der Waals surface area contributed by atoms with Gasteiger partial charge in [0.25, 0.3) is 11.7 Å². The van der Waals surface area contributed by atoms with Gasteiger partial charge in [-0.15, -0.1) is 0 Å². The molecule has 1 N–H and O–H groups in total. The zero-order chi connectivity index (χ0) is 25.8. The smallest absolute Gasteiger partial charge is 0.295 e. The van der Waals surface area contributed by atoms with Gasteiger partial charge in [-0.1, -0.05) is 32.0 Å². The van der Waals surface area contributed by atoms with E-state index in [4.69, 9.17) is 4.74 Å². The van der Waals surface area contributed by atoms with Gasteiger partial charge in [0, 0.05) is 18.3 Å². The SMILES string of the molecule is Cc1cc(/C(O)=C2/C(=O)C(=O)N(CCc3ccc(F)cc3)C2c2ccccn2)ccc1OCC(C)C. The van der Waals surface area contributed by atoms with Gasteiger partial charge in [-0.25, -0.2) is 4.39 Å². The minimum atomic E-state index is -0.844. The molecule has 3 aromatic rings.